The van der Waals surface area contributed by atoms with E-state index in [0.29, 0.717) is 35.4 Å². The van der Waals surface area contributed by atoms with Crippen molar-refractivity contribution < 1.29 is 79.2 Å². The molecule has 10 rings (SSSR count). The van der Waals surface area contributed by atoms with Gasteiger partial charge in [0.2, 0.25) is 11.8 Å². The second-order valence-corrected chi connectivity index (χ2v) is 24.3. The number of halogens is 11. The van der Waals surface area contributed by atoms with Crippen LogP contribution in [0.4, 0.5) is 64.9 Å². The smallest absolute Gasteiger partial charge is 0.324 e. The van der Waals surface area contributed by atoms with Crippen molar-refractivity contribution in [2.75, 3.05) is 85.6 Å². The zero-order valence-corrected chi connectivity index (χ0v) is 45.5. The molecule has 4 aromatic carbocycles. The Labute approximate surface area is 465 Å². The predicted octanol–water partition coefficient (Wildman–Crippen LogP) is 9.23. The van der Waals surface area contributed by atoms with Crippen molar-refractivity contribution in [2.45, 2.75) is 49.7 Å². The molecule has 0 aliphatic carbocycles. The van der Waals surface area contributed by atoms with Crippen molar-refractivity contribution in [3.63, 3.8) is 0 Å². The van der Waals surface area contributed by atoms with Gasteiger partial charge in [-0.25, -0.2) is 52.8 Å². The largest absolute Gasteiger partial charge is 0.415 e. The van der Waals surface area contributed by atoms with Crippen LogP contribution in [-0.4, -0.2) is 156 Å². The summed E-state index contributed by atoms with van der Waals surface area (Å²) in [6.07, 6.45) is -5.81. The number of rotatable bonds is 13. The SMILES string of the molecule is Fc1cc(-c2nnc(C(F)F)o2)ccc1CBr.O=C(N1CCS(=O)(=O)CC1)N(Cc1ccc(-c2nnc(C(F)F)o2)cc1F)c1ccc(CN2CC(F)(F)C2)cc1.O=C(Nc1ccc(CN2CC(F)(F)C2)cc1)N1CCS(=O)(=O)CC1. The molecule has 4 aliphatic rings. The molecular formula is C50H49BrF10N10O8S2. The van der Waals surface area contributed by atoms with Crippen LogP contribution in [0.3, 0.4) is 0 Å². The molecule has 18 nitrogen and oxygen atoms in total. The molecule has 31 heteroatoms. The minimum Gasteiger partial charge on any atom is -0.415 e. The third-order valence-corrected chi connectivity index (χ3v) is 16.7. The summed E-state index contributed by atoms with van der Waals surface area (Å²) in [5, 5.41) is 16.4. The van der Waals surface area contributed by atoms with Crippen molar-refractivity contribution in [3.05, 3.63) is 131 Å². The predicted molar refractivity (Wildman–Crippen MR) is 276 cm³/mol. The number of nitrogens with one attached hydrogen (secondary N) is 1. The van der Waals surface area contributed by atoms with Crippen molar-refractivity contribution >= 4 is 59.0 Å². The first-order valence-corrected chi connectivity index (χ1v) is 29.3. The molecular weight excluding hydrogens is 1200 g/mol. The first kappa shape index (κ1) is 60.4. The molecule has 81 heavy (non-hydrogen) atoms. The van der Waals surface area contributed by atoms with Crippen molar-refractivity contribution in [2.24, 2.45) is 0 Å². The first-order valence-electron chi connectivity index (χ1n) is 24.5. The summed E-state index contributed by atoms with van der Waals surface area (Å²) in [7, 11) is -6.28. The second kappa shape index (κ2) is 25.2. The highest BCUT2D eigenvalue weighted by Gasteiger charge is 2.44. The molecule has 4 aliphatic heterocycles. The molecule has 0 radical (unpaired) electrons. The fourth-order valence-corrected chi connectivity index (χ4v) is 11.4. The van der Waals surface area contributed by atoms with Crippen LogP contribution < -0.4 is 10.2 Å². The number of amides is 4. The quantitative estimate of drug-likeness (QED) is 0.0845. The third kappa shape index (κ3) is 16.3. The number of carbonyl (C=O) groups excluding carboxylic acids is 2. The summed E-state index contributed by atoms with van der Waals surface area (Å²) < 4.78 is 187. The normalized spacial score (nSPS) is 18.2. The summed E-state index contributed by atoms with van der Waals surface area (Å²) in [5.74, 6) is -9.00. The highest BCUT2D eigenvalue weighted by Crippen LogP contribution is 2.32. The summed E-state index contributed by atoms with van der Waals surface area (Å²) in [6, 6.07) is 20.7. The van der Waals surface area contributed by atoms with Gasteiger partial charge in [-0.1, -0.05) is 52.3 Å². The summed E-state index contributed by atoms with van der Waals surface area (Å²) >= 11 is 3.12. The van der Waals surface area contributed by atoms with Crippen LogP contribution >= 0.6 is 15.9 Å². The van der Waals surface area contributed by atoms with E-state index in [1.165, 1.54) is 45.0 Å². The number of urea groups is 2. The topological polar surface area (TPSA) is 208 Å². The Hall–Kier alpha value is -6.70. The van der Waals surface area contributed by atoms with Gasteiger partial charge >= 0.3 is 24.9 Å². The van der Waals surface area contributed by atoms with E-state index in [2.05, 4.69) is 41.6 Å². The number of hydrogen-bond donors (Lipinski definition) is 1. The van der Waals surface area contributed by atoms with Gasteiger partial charge in [0.05, 0.1) is 55.7 Å². The van der Waals surface area contributed by atoms with E-state index in [-0.39, 0.29) is 116 Å². The van der Waals surface area contributed by atoms with Crippen LogP contribution in [0.2, 0.25) is 0 Å². The van der Waals surface area contributed by atoms with Gasteiger partial charge in [0.25, 0.3) is 23.6 Å². The highest BCUT2D eigenvalue weighted by molar-refractivity contribution is 9.08. The fourth-order valence-electron chi connectivity index (χ4n) is 8.54. The molecule has 6 aromatic rings. The van der Waals surface area contributed by atoms with Crippen molar-refractivity contribution in [3.8, 4) is 22.9 Å². The van der Waals surface area contributed by atoms with E-state index in [4.69, 9.17) is 8.83 Å². The highest BCUT2D eigenvalue weighted by atomic mass is 79.9. The van der Waals surface area contributed by atoms with Gasteiger partial charge in [-0.15, -0.1) is 20.4 Å². The number of sulfone groups is 2. The van der Waals surface area contributed by atoms with Crippen molar-refractivity contribution in [1.29, 1.82) is 0 Å². The number of benzene rings is 4. The number of hydrogen-bond acceptors (Lipinski definition) is 14. The fraction of sp³-hybridized carbons (Fsp3) is 0.400. The molecule has 4 amide bonds. The third-order valence-electron chi connectivity index (χ3n) is 12.9. The average molecular weight is 1250 g/mol. The molecule has 0 bridgehead atoms. The van der Waals surface area contributed by atoms with Gasteiger partial charge in [0, 0.05) is 72.7 Å². The monoisotopic (exact) mass is 1250 g/mol. The van der Waals surface area contributed by atoms with E-state index >= 15 is 4.39 Å². The molecule has 6 heterocycles. The maximum Gasteiger partial charge on any atom is 0.324 e. The lowest BCUT2D eigenvalue weighted by molar-refractivity contribution is -0.134. The van der Waals surface area contributed by atoms with E-state index < -0.39 is 73.8 Å². The zero-order valence-electron chi connectivity index (χ0n) is 42.3. The number of aromatic nitrogens is 4. The standard InChI is InChI=1S/C25H24F5N5O4S.C15H19F2N3O3S.C10H6BrF3N2O/c26-20-11-17(22-31-32-23(39-22)21(27)28)3-4-18(20)13-35(24(36)34-7-9-40(37,38)10-8-34)19-5-1-16(2-6-19)12-33-14-25(29,30)15-33;16-15(17)10-19(11-15)9-12-1-3-13(4-2-12)18-14(21)20-5-7-24(22,23)8-6-20;11-4-6-2-1-5(3-7(6)12)9-15-16-10(17-9)8(13)14/h1-6,11,21H,7-10,12-15H2;1-4H,5-11H2,(H,18,21);1-3,8H,4H2. The Kier molecular flexibility index (Phi) is 18.8. The molecule has 4 saturated heterocycles. The van der Waals surface area contributed by atoms with Crippen LogP contribution in [0, 0.1) is 11.6 Å². The molecule has 0 spiro atoms. The minimum atomic E-state index is -3.26. The van der Waals surface area contributed by atoms with E-state index in [9.17, 15) is 65.9 Å². The van der Waals surface area contributed by atoms with E-state index in [1.54, 1.807) is 58.3 Å². The van der Waals surface area contributed by atoms with Gasteiger partial charge in [0.1, 0.15) is 11.6 Å². The number of anilines is 2. The van der Waals surface area contributed by atoms with Crippen LogP contribution in [0.1, 0.15) is 46.9 Å². The number of alkyl halides is 9. The summed E-state index contributed by atoms with van der Waals surface area (Å²) in [4.78, 5) is 33.0. The Morgan fingerprint density at radius 1 is 0.605 bits per heavy atom. The van der Waals surface area contributed by atoms with Crippen LogP contribution in [0.25, 0.3) is 22.9 Å². The number of nitrogens with zero attached hydrogens (tertiary/aromatic N) is 9. The molecule has 0 atom stereocenters. The lowest BCUT2D eigenvalue weighted by Gasteiger charge is -2.38. The van der Waals surface area contributed by atoms with Crippen molar-refractivity contribution in [1.82, 2.24) is 40.0 Å². The first-order chi connectivity index (χ1) is 38.2. The van der Waals surface area contributed by atoms with E-state index in [0.717, 1.165) is 17.2 Å². The minimum absolute atomic E-state index is 0.0141. The number of carbonyl (C=O) groups is 2. The molecule has 2 aromatic heterocycles. The van der Waals surface area contributed by atoms with Gasteiger partial charge in [-0.05, 0) is 65.2 Å². The Morgan fingerprint density at radius 3 is 1.42 bits per heavy atom. The Bertz CT molecular complexity index is 3380. The lowest BCUT2D eigenvalue weighted by Crippen LogP contribution is -2.55. The molecule has 0 unspecified atom stereocenters. The zero-order chi connectivity index (χ0) is 58.4. The summed E-state index contributed by atoms with van der Waals surface area (Å²) in [5.41, 5.74) is 3.50. The van der Waals surface area contributed by atoms with Gasteiger partial charge in [0.15, 0.2) is 19.7 Å². The molecule has 1 N–H and O–H groups in total. The van der Waals surface area contributed by atoms with Crippen LogP contribution in [0.15, 0.2) is 93.8 Å². The Balaban J connectivity index is 0.000000177. The maximum absolute atomic E-state index is 15.2. The summed E-state index contributed by atoms with van der Waals surface area (Å²) in [6.45, 7) is -0.261. The van der Waals surface area contributed by atoms with Gasteiger partial charge in [-0.3, -0.25) is 14.7 Å². The number of likely N-dealkylation sites (tertiary alicyclic amines) is 2. The van der Waals surface area contributed by atoms with E-state index in [1.807, 2.05) is 0 Å². The molecule has 0 saturated carbocycles. The van der Waals surface area contributed by atoms with Gasteiger partial charge < -0.3 is 24.0 Å². The maximum atomic E-state index is 15.2. The molecule has 436 valence electrons. The second-order valence-electron chi connectivity index (χ2n) is 19.2. The Morgan fingerprint density at radius 2 is 1.02 bits per heavy atom. The molecule has 4 fully saturated rings. The van der Waals surface area contributed by atoms with Gasteiger partial charge in [-0.2, -0.15) is 17.6 Å². The average Bonchev–Trinajstić information content (AvgIpc) is 4.11. The van der Waals surface area contributed by atoms with Crippen LogP contribution in [-0.2, 0) is 44.6 Å². The lowest BCUT2D eigenvalue weighted by atomic mass is 10.1. The van der Waals surface area contributed by atoms with Crippen LogP contribution in [0.5, 0.6) is 0 Å².